The van der Waals surface area contributed by atoms with Crippen molar-refractivity contribution >= 4 is 17.3 Å². The first kappa shape index (κ1) is 14.6. The van der Waals surface area contributed by atoms with Gasteiger partial charge < -0.3 is 14.6 Å². The maximum Gasteiger partial charge on any atom is 0.220 e. The molecule has 116 valence electrons. The molecule has 0 saturated carbocycles. The second kappa shape index (κ2) is 6.60. The number of nitrogens with zero attached hydrogens (tertiary/aromatic N) is 3. The van der Waals surface area contributed by atoms with Crippen LogP contribution in [0.25, 0.3) is 5.65 Å². The molecule has 0 spiro atoms. The number of carbonyl (C=O) groups is 1. The predicted molar refractivity (Wildman–Crippen MR) is 83.7 cm³/mol. The first-order chi connectivity index (χ1) is 10.7. The summed E-state index contributed by atoms with van der Waals surface area (Å²) in [5.41, 5.74) is 2.89. The Morgan fingerprint density at radius 2 is 2.41 bits per heavy atom. The Morgan fingerprint density at radius 3 is 3.18 bits per heavy atom. The van der Waals surface area contributed by atoms with E-state index in [0.717, 1.165) is 29.9 Å². The van der Waals surface area contributed by atoms with Crippen molar-refractivity contribution in [3.8, 4) is 0 Å². The number of fused-ring (bicyclic) bond motifs is 1. The van der Waals surface area contributed by atoms with Crippen molar-refractivity contribution in [2.45, 2.75) is 38.7 Å². The summed E-state index contributed by atoms with van der Waals surface area (Å²) in [6, 6.07) is 5.86. The van der Waals surface area contributed by atoms with E-state index < -0.39 is 0 Å². The SMILES string of the molecule is CCC1=NOC(CNC(=O)CCc2cn3ccccc3n2)C1. The summed E-state index contributed by atoms with van der Waals surface area (Å²) in [4.78, 5) is 21.7. The number of hydrogen-bond donors (Lipinski definition) is 1. The van der Waals surface area contributed by atoms with Gasteiger partial charge in [0, 0.05) is 25.2 Å². The van der Waals surface area contributed by atoms with Gasteiger partial charge in [0.1, 0.15) is 11.8 Å². The van der Waals surface area contributed by atoms with E-state index in [0.29, 0.717) is 19.4 Å². The van der Waals surface area contributed by atoms with E-state index in [1.807, 2.05) is 35.0 Å². The van der Waals surface area contributed by atoms with Crippen molar-refractivity contribution in [1.29, 1.82) is 0 Å². The third kappa shape index (κ3) is 3.44. The highest BCUT2D eigenvalue weighted by Crippen LogP contribution is 2.11. The van der Waals surface area contributed by atoms with Crippen LogP contribution in [0.5, 0.6) is 0 Å². The van der Waals surface area contributed by atoms with Crippen LogP contribution < -0.4 is 5.32 Å². The first-order valence-corrected chi connectivity index (χ1v) is 7.65. The maximum atomic E-state index is 11.9. The summed E-state index contributed by atoms with van der Waals surface area (Å²) in [6.45, 7) is 2.56. The van der Waals surface area contributed by atoms with Crippen LogP contribution in [0.1, 0.15) is 31.9 Å². The Hall–Kier alpha value is -2.37. The highest BCUT2D eigenvalue weighted by Gasteiger charge is 2.20. The summed E-state index contributed by atoms with van der Waals surface area (Å²) in [5.74, 6) is 0.0191. The van der Waals surface area contributed by atoms with Crippen molar-refractivity contribution in [2.75, 3.05) is 6.54 Å². The number of oxime groups is 1. The summed E-state index contributed by atoms with van der Waals surface area (Å²) in [6.07, 6.45) is 6.67. The third-order valence-corrected chi connectivity index (χ3v) is 3.75. The lowest BCUT2D eigenvalue weighted by Gasteiger charge is -2.09. The van der Waals surface area contributed by atoms with Crippen molar-refractivity contribution in [3.05, 3.63) is 36.3 Å². The molecule has 1 N–H and O–H groups in total. The Morgan fingerprint density at radius 1 is 1.50 bits per heavy atom. The number of rotatable bonds is 6. The molecule has 3 heterocycles. The molecule has 1 atom stereocenters. The van der Waals surface area contributed by atoms with Gasteiger partial charge in [-0.2, -0.15) is 0 Å². The van der Waals surface area contributed by atoms with E-state index in [2.05, 4.69) is 22.4 Å². The van der Waals surface area contributed by atoms with Crippen molar-refractivity contribution in [3.63, 3.8) is 0 Å². The average molecular weight is 300 g/mol. The number of amides is 1. The number of nitrogens with one attached hydrogen (secondary N) is 1. The minimum absolute atomic E-state index is 0.0191. The van der Waals surface area contributed by atoms with Gasteiger partial charge in [0.15, 0.2) is 0 Å². The van der Waals surface area contributed by atoms with E-state index in [1.54, 1.807) is 0 Å². The fourth-order valence-electron chi connectivity index (χ4n) is 2.47. The summed E-state index contributed by atoms with van der Waals surface area (Å²) < 4.78 is 1.96. The molecule has 0 aliphatic carbocycles. The van der Waals surface area contributed by atoms with Gasteiger partial charge in [-0.05, 0) is 25.0 Å². The highest BCUT2D eigenvalue weighted by molar-refractivity contribution is 5.85. The molecule has 3 rings (SSSR count). The summed E-state index contributed by atoms with van der Waals surface area (Å²) in [7, 11) is 0. The molecule has 1 aliphatic rings. The van der Waals surface area contributed by atoms with Crippen molar-refractivity contribution in [2.24, 2.45) is 5.16 Å². The zero-order valence-corrected chi connectivity index (χ0v) is 12.7. The van der Waals surface area contributed by atoms with Gasteiger partial charge in [-0.15, -0.1) is 0 Å². The molecule has 1 aliphatic heterocycles. The zero-order chi connectivity index (χ0) is 15.4. The van der Waals surface area contributed by atoms with Gasteiger partial charge in [-0.1, -0.05) is 18.1 Å². The summed E-state index contributed by atoms with van der Waals surface area (Å²) in [5, 5.41) is 6.89. The van der Waals surface area contributed by atoms with E-state index >= 15 is 0 Å². The lowest BCUT2D eigenvalue weighted by Crippen LogP contribution is -2.32. The lowest BCUT2D eigenvalue weighted by molar-refractivity contribution is -0.121. The Balaban J connectivity index is 1.42. The number of imidazole rings is 1. The van der Waals surface area contributed by atoms with Crippen LogP contribution >= 0.6 is 0 Å². The van der Waals surface area contributed by atoms with Crippen LogP contribution in [0.15, 0.2) is 35.7 Å². The van der Waals surface area contributed by atoms with E-state index in [1.165, 1.54) is 0 Å². The average Bonchev–Trinajstić information content (AvgIpc) is 3.16. The maximum absolute atomic E-state index is 11.9. The standard InChI is InChI=1S/C16H20N4O2/c1-2-12-9-14(22-19-12)10-17-16(21)7-6-13-11-20-8-4-3-5-15(20)18-13/h3-5,8,11,14H,2,6-7,9-10H2,1H3,(H,17,21). The Kier molecular flexibility index (Phi) is 4.37. The molecule has 2 aromatic rings. The Labute approximate surface area is 129 Å². The molecule has 0 fully saturated rings. The number of aryl methyl sites for hydroxylation is 1. The second-order valence-electron chi connectivity index (χ2n) is 5.45. The van der Waals surface area contributed by atoms with Gasteiger partial charge in [0.05, 0.1) is 18.0 Å². The van der Waals surface area contributed by atoms with E-state index in [-0.39, 0.29) is 12.0 Å². The van der Waals surface area contributed by atoms with Gasteiger partial charge in [-0.3, -0.25) is 4.79 Å². The molecule has 0 bridgehead atoms. The van der Waals surface area contributed by atoms with Crippen LogP contribution in [0.3, 0.4) is 0 Å². The van der Waals surface area contributed by atoms with Crippen LogP contribution in [-0.4, -0.2) is 33.7 Å². The quantitative estimate of drug-likeness (QED) is 0.886. The lowest BCUT2D eigenvalue weighted by atomic mass is 10.1. The van der Waals surface area contributed by atoms with Gasteiger partial charge >= 0.3 is 0 Å². The molecule has 22 heavy (non-hydrogen) atoms. The van der Waals surface area contributed by atoms with Crippen LogP contribution in [0, 0.1) is 0 Å². The van der Waals surface area contributed by atoms with Gasteiger partial charge in [-0.25, -0.2) is 4.98 Å². The topological polar surface area (TPSA) is 68.0 Å². The van der Waals surface area contributed by atoms with Crippen LogP contribution in [0.2, 0.25) is 0 Å². The Bertz CT molecular complexity index is 659. The fraction of sp³-hybridized carbons (Fsp3) is 0.438. The number of aromatic nitrogens is 2. The normalized spacial score (nSPS) is 17.3. The molecule has 1 amide bonds. The first-order valence-electron chi connectivity index (χ1n) is 7.65. The zero-order valence-electron chi connectivity index (χ0n) is 12.7. The molecular formula is C16H20N4O2. The number of pyridine rings is 1. The number of hydrogen-bond acceptors (Lipinski definition) is 4. The minimum atomic E-state index is -0.0194. The van der Waals surface area contributed by atoms with E-state index in [4.69, 9.17) is 4.84 Å². The summed E-state index contributed by atoms with van der Waals surface area (Å²) >= 11 is 0. The monoisotopic (exact) mass is 300 g/mol. The second-order valence-corrected chi connectivity index (χ2v) is 5.45. The molecule has 6 heteroatoms. The van der Waals surface area contributed by atoms with Crippen molar-refractivity contribution < 1.29 is 9.63 Å². The van der Waals surface area contributed by atoms with Gasteiger partial charge in [0.25, 0.3) is 0 Å². The molecule has 1 unspecified atom stereocenters. The van der Waals surface area contributed by atoms with Crippen molar-refractivity contribution in [1.82, 2.24) is 14.7 Å². The molecule has 0 radical (unpaired) electrons. The fourth-order valence-corrected chi connectivity index (χ4v) is 2.47. The number of carbonyl (C=O) groups excluding carboxylic acids is 1. The molecule has 2 aromatic heterocycles. The third-order valence-electron chi connectivity index (χ3n) is 3.75. The molecule has 6 nitrogen and oxygen atoms in total. The molecular weight excluding hydrogens is 280 g/mol. The minimum Gasteiger partial charge on any atom is -0.390 e. The largest absolute Gasteiger partial charge is 0.390 e. The highest BCUT2D eigenvalue weighted by atomic mass is 16.6. The van der Waals surface area contributed by atoms with Crippen LogP contribution in [-0.2, 0) is 16.1 Å². The van der Waals surface area contributed by atoms with Crippen LogP contribution in [0.4, 0.5) is 0 Å². The van der Waals surface area contributed by atoms with E-state index in [9.17, 15) is 4.79 Å². The molecule has 0 saturated heterocycles. The predicted octanol–water partition coefficient (Wildman–Crippen LogP) is 1.94. The van der Waals surface area contributed by atoms with Gasteiger partial charge in [0.2, 0.25) is 5.91 Å². The smallest absolute Gasteiger partial charge is 0.220 e. The molecule has 0 aromatic carbocycles.